The van der Waals surface area contributed by atoms with Gasteiger partial charge in [-0.25, -0.2) is 4.39 Å². The summed E-state index contributed by atoms with van der Waals surface area (Å²) in [6, 6.07) is 4.37. The average Bonchev–Trinajstić information content (AvgIpc) is 1.99. The quantitative estimate of drug-likeness (QED) is 0.652. The average molecular weight is 166 g/mol. The summed E-state index contributed by atoms with van der Waals surface area (Å²) in [5.74, 6) is -0.327. The molecule has 0 aliphatic carbocycles. The Balaban J connectivity index is 2.93. The summed E-state index contributed by atoms with van der Waals surface area (Å²) >= 11 is 0. The van der Waals surface area contributed by atoms with Crippen LogP contribution in [0.15, 0.2) is 24.3 Å². The van der Waals surface area contributed by atoms with Crippen molar-refractivity contribution in [3.05, 3.63) is 35.7 Å². The van der Waals surface area contributed by atoms with E-state index in [9.17, 15) is 4.39 Å². The lowest BCUT2D eigenvalue weighted by atomic mass is 10.2. The molecule has 0 saturated carbocycles. The summed E-state index contributed by atoms with van der Waals surface area (Å²) in [6.07, 6.45) is 3.48. The number of halogens is 1. The molecule has 1 aromatic rings. The van der Waals surface area contributed by atoms with E-state index in [0.29, 0.717) is 12.2 Å². The molecule has 0 radical (unpaired) electrons. The number of benzene rings is 1. The molecule has 12 heavy (non-hydrogen) atoms. The SMILES string of the molecule is NCC=Cc1cc(N)cc(F)c1. The fourth-order valence-electron chi connectivity index (χ4n) is 0.936. The molecule has 0 saturated heterocycles. The molecule has 0 bridgehead atoms. The van der Waals surface area contributed by atoms with E-state index in [-0.39, 0.29) is 5.82 Å². The number of nitrogen functional groups attached to an aromatic ring is 1. The fourth-order valence-corrected chi connectivity index (χ4v) is 0.936. The zero-order valence-corrected chi connectivity index (χ0v) is 6.63. The second-order valence-corrected chi connectivity index (χ2v) is 2.46. The fraction of sp³-hybridized carbons (Fsp3) is 0.111. The summed E-state index contributed by atoms with van der Waals surface area (Å²) < 4.78 is 12.7. The van der Waals surface area contributed by atoms with Gasteiger partial charge in [0.1, 0.15) is 5.82 Å². The highest BCUT2D eigenvalue weighted by molar-refractivity contribution is 5.55. The van der Waals surface area contributed by atoms with Crippen LogP contribution in [0.25, 0.3) is 6.08 Å². The first-order valence-corrected chi connectivity index (χ1v) is 3.65. The maximum atomic E-state index is 12.7. The predicted octanol–water partition coefficient (Wildman–Crippen LogP) is 1.38. The zero-order valence-electron chi connectivity index (χ0n) is 6.63. The van der Waals surface area contributed by atoms with Crippen molar-refractivity contribution in [2.24, 2.45) is 5.73 Å². The van der Waals surface area contributed by atoms with Gasteiger partial charge in [0.2, 0.25) is 0 Å². The number of hydrogen-bond acceptors (Lipinski definition) is 2. The van der Waals surface area contributed by atoms with Crippen molar-refractivity contribution >= 4 is 11.8 Å². The standard InChI is InChI=1S/C9H11FN2/c10-8-4-7(2-1-3-11)5-9(12)6-8/h1-2,4-6H,3,11-12H2. The maximum absolute atomic E-state index is 12.7. The van der Waals surface area contributed by atoms with Crippen LogP contribution in [-0.4, -0.2) is 6.54 Å². The van der Waals surface area contributed by atoms with Crippen molar-refractivity contribution in [3.8, 4) is 0 Å². The minimum atomic E-state index is -0.327. The first-order valence-electron chi connectivity index (χ1n) is 3.65. The monoisotopic (exact) mass is 166 g/mol. The molecule has 64 valence electrons. The van der Waals surface area contributed by atoms with Gasteiger partial charge in [0.05, 0.1) is 0 Å². The molecule has 4 N–H and O–H groups in total. The van der Waals surface area contributed by atoms with Crippen LogP contribution in [0.2, 0.25) is 0 Å². The molecule has 0 atom stereocenters. The molecular weight excluding hydrogens is 155 g/mol. The van der Waals surface area contributed by atoms with Crippen LogP contribution in [-0.2, 0) is 0 Å². The van der Waals surface area contributed by atoms with Gasteiger partial charge < -0.3 is 11.5 Å². The third kappa shape index (κ3) is 2.36. The summed E-state index contributed by atoms with van der Waals surface area (Å²) in [5.41, 5.74) is 11.8. The van der Waals surface area contributed by atoms with Gasteiger partial charge in [-0.1, -0.05) is 12.2 Å². The Morgan fingerprint density at radius 3 is 2.67 bits per heavy atom. The van der Waals surface area contributed by atoms with Crippen LogP contribution < -0.4 is 11.5 Å². The van der Waals surface area contributed by atoms with E-state index in [1.807, 2.05) is 0 Å². The molecule has 0 aliphatic heterocycles. The van der Waals surface area contributed by atoms with E-state index < -0.39 is 0 Å². The molecule has 3 heteroatoms. The number of nitrogens with two attached hydrogens (primary N) is 2. The van der Waals surface area contributed by atoms with Gasteiger partial charge in [-0.05, 0) is 23.8 Å². The van der Waals surface area contributed by atoms with E-state index in [4.69, 9.17) is 11.5 Å². The Bertz CT molecular complexity index is 274. The van der Waals surface area contributed by atoms with Gasteiger partial charge in [0.15, 0.2) is 0 Å². The van der Waals surface area contributed by atoms with Crippen molar-refractivity contribution in [1.82, 2.24) is 0 Å². The lowest BCUT2D eigenvalue weighted by Crippen LogP contribution is -1.92. The van der Waals surface area contributed by atoms with Crippen LogP contribution >= 0.6 is 0 Å². The van der Waals surface area contributed by atoms with Crippen molar-refractivity contribution in [2.75, 3.05) is 12.3 Å². The normalized spacial score (nSPS) is 10.8. The van der Waals surface area contributed by atoms with Gasteiger partial charge in [0.25, 0.3) is 0 Å². The highest BCUT2D eigenvalue weighted by Crippen LogP contribution is 2.11. The molecule has 0 amide bonds. The second kappa shape index (κ2) is 3.88. The van der Waals surface area contributed by atoms with Crippen molar-refractivity contribution in [3.63, 3.8) is 0 Å². The third-order valence-corrected chi connectivity index (χ3v) is 1.39. The summed E-state index contributed by atoms with van der Waals surface area (Å²) in [6.45, 7) is 0.441. The Kier molecular flexibility index (Phi) is 2.82. The van der Waals surface area contributed by atoms with E-state index in [2.05, 4.69) is 0 Å². The maximum Gasteiger partial charge on any atom is 0.125 e. The number of anilines is 1. The highest BCUT2D eigenvalue weighted by Gasteiger charge is 1.93. The van der Waals surface area contributed by atoms with Crippen molar-refractivity contribution in [1.29, 1.82) is 0 Å². The first-order chi connectivity index (χ1) is 5.72. The summed E-state index contributed by atoms with van der Waals surface area (Å²) in [4.78, 5) is 0. The Morgan fingerprint density at radius 2 is 2.08 bits per heavy atom. The van der Waals surface area contributed by atoms with E-state index in [1.165, 1.54) is 12.1 Å². The molecule has 0 spiro atoms. The molecule has 1 rings (SSSR count). The van der Waals surface area contributed by atoms with Crippen LogP contribution in [0.1, 0.15) is 5.56 Å². The molecule has 0 heterocycles. The summed E-state index contributed by atoms with van der Waals surface area (Å²) in [5, 5.41) is 0. The molecule has 0 aromatic heterocycles. The third-order valence-electron chi connectivity index (χ3n) is 1.39. The largest absolute Gasteiger partial charge is 0.399 e. The Hall–Kier alpha value is -1.35. The lowest BCUT2D eigenvalue weighted by molar-refractivity contribution is 0.628. The van der Waals surface area contributed by atoms with Crippen LogP contribution in [0, 0.1) is 5.82 Å². The topological polar surface area (TPSA) is 52.0 Å². The van der Waals surface area contributed by atoms with Gasteiger partial charge in [-0.2, -0.15) is 0 Å². The molecule has 0 unspecified atom stereocenters. The van der Waals surface area contributed by atoms with Gasteiger partial charge in [-0.3, -0.25) is 0 Å². The summed E-state index contributed by atoms with van der Waals surface area (Å²) in [7, 11) is 0. The van der Waals surface area contributed by atoms with Crippen LogP contribution in [0.4, 0.5) is 10.1 Å². The highest BCUT2D eigenvalue weighted by atomic mass is 19.1. The molecule has 0 aliphatic rings. The molecule has 2 nitrogen and oxygen atoms in total. The van der Waals surface area contributed by atoms with Crippen molar-refractivity contribution in [2.45, 2.75) is 0 Å². The minimum absolute atomic E-state index is 0.327. The van der Waals surface area contributed by atoms with Crippen LogP contribution in [0.3, 0.4) is 0 Å². The van der Waals surface area contributed by atoms with Gasteiger partial charge >= 0.3 is 0 Å². The van der Waals surface area contributed by atoms with Gasteiger partial charge in [-0.15, -0.1) is 0 Å². The number of rotatable bonds is 2. The number of hydrogen-bond donors (Lipinski definition) is 2. The molecular formula is C9H11FN2. The lowest BCUT2D eigenvalue weighted by Gasteiger charge is -1.96. The molecule has 0 fully saturated rings. The first kappa shape index (κ1) is 8.74. The minimum Gasteiger partial charge on any atom is -0.399 e. The van der Waals surface area contributed by atoms with E-state index in [0.717, 1.165) is 5.56 Å². The predicted molar refractivity (Wildman–Crippen MR) is 48.9 cm³/mol. The van der Waals surface area contributed by atoms with E-state index in [1.54, 1.807) is 18.2 Å². The Labute approximate surface area is 70.7 Å². The van der Waals surface area contributed by atoms with E-state index >= 15 is 0 Å². The smallest absolute Gasteiger partial charge is 0.125 e. The van der Waals surface area contributed by atoms with Gasteiger partial charge in [0, 0.05) is 12.2 Å². The van der Waals surface area contributed by atoms with Crippen molar-refractivity contribution < 1.29 is 4.39 Å². The Morgan fingerprint density at radius 1 is 1.33 bits per heavy atom. The zero-order chi connectivity index (χ0) is 8.97. The molecule has 1 aromatic carbocycles. The van der Waals surface area contributed by atoms with Crippen LogP contribution in [0.5, 0.6) is 0 Å². The second-order valence-electron chi connectivity index (χ2n) is 2.46.